The molecule has 5 rings (SSSR count). The van der Waals surface area contributed by atoms with Crippen LogP contribution in [0.1, 0.15) is 33.0 Å². The van der Waals surface area contributed by atoms with Crippen LogP contribution in [0.3, 0.4) is 0 Å². The predicted octanol–water partition coefficient (Wildman–Crippen LogP) is 6.38. The van der Waals surface area contributed by atoms with Gasteiger partial charge in [-0.05, 0) is 68.6 Å². The molecule has 0 saturated heterocycles. The maximum atomic E-state index is 13.3. The third-order valence-corrected chi connectivity index (χ3v) is 7.19. The minimum Gasteiger partial charge on any atom is -0.480 e. The number of nitrogens with one attached hydrogen (secondary N) is 1. The number of benzene rings is 4. The first-order chi connectivity index (χ1) is 18.9. The molecule has 0 fully saturated rings. The number of fused-ring (bicyclic) bond motifs is 3. The van der Waals surface area contributed by atoms with Crippen LogP contribution in [-0.4, -0.2) is 41.1 Å². The molecule has 7 nitrogen and oxygen atoms in total. The first-order valence-electron chi connectivity index (χ1n) is 12.4. The molecule has 0 spiro atoms. The number of hydrogen-bond acceptors (Lipinski definition) is 4. The van der Waals surface area contributed by atoms with Gasteiger partial charge in [-0.15, -0.1) is 0 Å². The van der Waals surface area contributed by atoms with Gasteiger partial charge in [0, 0.05) is 27.3 Å². The lowest BCUT2D eigenvalue weighted by molar-refractivity contribution is -0.137. The molecule has 0 atom stereocenters. The summed E-state index contributed by atoms with van der Waals surface area (Å²) >= 11 is 2.06. The van der Waals surface area contributed by atoms with E-state index < -0.39 is 24.5 Å². The first-order valence-corrected chi connectivity index (χ1v) is 13.4. The molecule has 0 aliphatic heterocycles. The number of amides is 2. The summed E-state index contributed by atoms with van der Waals surface area (Å²) in [5.74, 6) is -1.63. The lowest BCUT2D eigenvalue weighted by Crippen LogP contribution is -2.35. The van der Waals surface area contributed by atoms with Crippen LogP contribution in [0.25, 0.3) is 11.1 Å². The van der Waals surface area contributed by atoms with E-state index in [4.69, 9.17) is 4.74 Å². The highest BCUT2D eigenvalue weighted by Crippen LogP contribution is 2.44. The van der Waals surface area contributed by atoms with E-state index in [1.165, 1.54) is 11.0 Å². The molecule has 0 saturated carbocycles. The standard InChI is InChI=1S/C31H25IN2O5/c32-22-14-21(30(37)34(18-29(35)36)17-20-8-2-1-3-9-20)15-23(16-22)33-31(38)39-19-28-26-12-6-4-10-24(26)25-11-5-7-13-27(25)28/h1-16,28H,17-19H2,(H,33,38)(H,35,36). The molecule has 8 heteroatoms. The highest BCUT2D eigenvalue weighted by Gasteiger charge is 2.29. The third kappa shape index (κ3) is 6.12. The number of carboxylic acid groups (broad SMARTS) is 1. The zero-order chi connectivity index (χ0) is 27.4. The van der Waals surface area contributed by atoms with E-state index in [9.17, 15) is 19.5 Å². The van der Waals surface area contributed by atoms with Gasteiger partial charge in [-0.1, -0.05) is 78.9 Å². The fourth-order valence-electron chi connectivity index (χ4n) is 4.89. The van der Waals surface area contributed by atoms with Crippen molar-refractivity contribution in [1.29, 1.82) is 0 Å². The first kappa shape index (κ1) is 26.4. The van der Waals surface area contributed by atoms with Gasteiger partial charge in [-0.2, -0.15) is 0 Å². The molecule has 0 bridgehead atoms. The number of ether oxygens (including phenoxy) is 1. The van der Waals surface area contributed by atoms with E-state index in [2.05, 4.69) is 52.2 Å². The summed E-state index contributed by atoms with van der Waals surface area (Å²) in [6, 6.07) is 30.3. The van der Waals surface area contributed by atoms with Crippen LogP contribution in [-0.2, 0) is 16.1 Å². The Bertz CT molecular complexity index is 1490. The summed E-state index contributed by atoms with van der Waals surface area (Å²) in [4.78, 5) is 38.9. The Balaban J connectivity index is 1.29. The highest BCUT2D eigenvalue weighted by molar-refractivity contribution is 14.1. The Morgan fingerprint density at radius 3 is 2.10 bits per heavy atom. The number of anilines is 1. The van der Waals surface area contributed by atoms with Crippen molar-refractivity contribution in [3.05, 3.63) is 123 Å². The topological polar surface area (TPSA) is 95.9 Å². The van der Waals surface area contributed by atoms with E-state index in [-0.39, 0.29) is 24.6 Å². The van der Waals surface area contributed by atoms with Crippen molar-refractivity contribution in [3.8, 4) is 11.1 Å². The molecule has 2 amide bonds. The average molecular weight is 632 g/mol. The van der Waals surface area contributed by atoms with E-state index in [1.54, 1.807) is 12.1 Å². The Hall–Kier alpha value is -4.18. The van der Waals surface area contributed by atoms with Gasteiger partial charge < -0.3 is 14.7 Å². The van der Waals surface area contributed by atoms with Gasteiger partial charge in [-0.25, -0.2) is 4.79 Å². The fourth-order valence-corrected chi connectivity index (χ4v) is 5.56. The molecule has 4 aromatic carbocycles. The van der Waals surface area contributed by atoms with Gasteiger partial charge in [0.25, 0.3) is 5.91 Å². The van der Waals surface area contributed by atoms with Crippen LogP contribution in [0.2, 0.25) is 0 Å². The second kappa shape index (κ2) is 11.7. The van der Waals surface area contributed by atoms with Gasteiger partial charge in [0.15, 0.2) is 0 Å². The van der Waals surface area contributed by atoms with Crippen molar-refractivity contribution >= 4 is 46.2 Å². The SMILES string of the molecule is O=C(O)CN(Cc1ccccc1)C(=O)c1cc(I)cc(NC(=O)OCC2c3ccccc3-c3ccccc32)c1. The lowest BCUT2D eigenvalue weighted by Gasteiger charge is -2.21. The molecule has 0 heterocycles. The summed E-state index contributed by atoms with van der Waals surface area (Å²) in [6.45, 7) is -0.139. The predicted molar refractivity (Wildman–Crippen MR) is 157 cm³/mol. The lowest BCUT2D eigenvalue weighted by atomic mass is 9.98. The molecule has 1 aliphatic rings. The van der Waals surface area contributed by atoms with Crippen LogP contribution in [0.15, 0.2) is 97.1 Å². The summed E-state index contributed by atoms with van der Waals surface area (Å²) in [5, 5.41) is 12.1. The molecule has 39 heavy (non-hydrogen) atoms. The number of carbonyl (C=O) groups is 3. The van der Waals surface area contributed by atoms with Crippen molar-refractivity contribution in [2.75, 3.05) is 18.5 Å². The Morgan fingerprint density at radius 2 is 1.46 bits per heavy atom. The molecule has 4 aromatic rings. The van der Waals surface area contributed by atoms with Crippen molar-refractivity contribution in [1.82, 2.24) is 4.90 Å². The van der Waals surface area contributed by atoms with Crippen LogP contribution < -0.4 is 5.32 Å². The number of hydrogen-bond donors (Lipinski definition) is 2. The number of rotatable bonds is 8. The highest BCUT2D eigenvalue weighted by atomic mass is 127. The number of carboxylic acids is 1. The summed E-state index contributed by atoms with van der Waals surface area (Å²) in [5.41, 5.74) is 5.99. The van der Waals surface area contributed by atoms with Gasteiger partial charge in [0.1, 0.15) is 13.2 Å². The van der Waals surface area contributed by atoms with E-state index in [0.717, 1.165) is 27.8 Å². The summed E-state index contributed by atoms with van der Waals surface area (Å²) < 4.78 is 6.35. The van der Waals surface area contributed by atoms with E-state index in [0.29, 0.717) is 9.26 Å². The molecule has 0 unspecified atom stereocenters. The zero-order valence-corrected chi connectivity index (χ0v) is 23.0. The van der Waals surface area contributed by atoms with Gasteiger partial charge in [0.05, 0.1) is 0 Å². The monoisotopic (exact) mass is 632 g/mol. The fraction of sp³-hybridized carbons (Fsp3) is 0.129. The quantitative estimate of drug-likeness (QED) is 0.220. The van der Waals surface area contributed by atoms with Crippen LogP contribution in [0.5, 0.6) is 0 Å². The second-order valence-corrected chi connectivity index (χ2v) is 10.5. The Morgan fingerprint density at radius 1 is 0.846 bits per heavy atom. The van der Waals surface area contributed by atoms with E-state index in [1.807, 2.05) is 54.6 Å². The molecule has 0 aromatic heterocycles. The number of aliphatic carboxylic acids is 1. The third-order valence-electron chi connectivity index (χ3n) is 6.56. The molecular formula is C31H25IN2O5. The number of carbonyl (C=O) groups excluding carboxylic acids is 2. The van der Waals surface area contributed by atoms with Crippen molar-refractivity contribution in [2.45, 2.75) is 12.5 Å². The maximum absolute atomic E-state index is 13.3. The van der Waals surface area contributed by atoms with Crippen molar-refractivity contribution in [3.63, 3.8) is 0 Å². The minimum atomic E-state index is -1.11. The number of halogens is 1. The normalized spacial score (nSPS) is 11.8. The molecule has 196 valence electrons. The van der Waals surface area contributed by atoms with Crippen molar-refractivity contribution < 1.29 is 24.2 Å². The van der Waals surface area contributed by atoms with Gasteiger partial charge in [-0.3, -0.25) is 14.9 Å². The molecule has 2 N–H and O–H groups in total. The smallest absolute Gasteiger partial charge is 0.411 e. The largest absolute Gasteiger partial charge is 0.480 e. The van der Waals surface area contributed by atoms with Crippen LogP contribution in [0, 0.1) is 3.57 Å². The van der Waals surface area contributed by atoms with Crippen LogP contribution >= 0.6 is 22.6 Å². The van der Waals surface area contributed by atoms with Crippen molar-refractivity contribution in [2.24, 2.45) is 0 Å². The van der Waals surface area contributed by atoms with Crippen LogP contribution in [0.4, 0.5) is 10.5 Å². The minimum absolute atomic E-state index is 0.0706. The summed E-state index contributed by atoms with van der Waals surface area (Å²) in [7, 11) is 0. The molecule has 1 aliphatic carbocycles. The second-order valence-electron chi connectivity index (χ2n) is 9.22. The average Bonchev–Trinajstić information content (AvgIpc) is 3.25. The Labute approximate surface area is 239 Å². The maximum Gasteiger partial charge on any atom is 0.411 e. The summed E-state index contributed by atoms with van der Waals surface area (Å²) in [6.07, 6.45) is -0.635. The molecule has 0 radical (unpaired) electrons. The Kier molecular flexibility index (Phi) is 7.92. The number of nitrogens with zero attached hydrogens (tertiary/aromatic N) is 1. The van der Waals surface area contributed by atoms with Gasteiger partial charge >= 0.3 is 12.1 Å². The van der Waals surface area contributed by atoms with E-state index >= 15 is 0 Å². The zero-order valence-electron chi connectivity index (χ0n) is 20.8. The molecular weight excluding hydrogens is 607 g/mol. The van der Waals surface area contributed by atoms with Gasteiger partial charge in [0.2, 0.25) is 0 Å².